The molecule has 1 aromatic heterocycles. The predicted octanol–water partition coefficient (Wildman–Crippen LogP) is 2.38. The molecule has 2 unspecified atom stereocenters. The van der Waals surface area contributed by atoms with Crippen LogP contribution < -0.4 is 0 Å². The number of carboxylic acids is 1. The quantitative estimate of drug-likeness (QED) is 0.831. The van der Waals surface area contributed by atoms with E-state index in [2.05, 4.69) is 28.6 Å². The van der Waals surface area contributed by atoms with Gasteiger partial charge < -0.3 is 9.67 Å². The summed E-state index contributed by atoms with van der Waals surface area (Å²) in [5.41, 5.74) is 0. The fourth-order valence-electron chi connectivity index (χ4n) is 2.55. The zero-order valence-corrected chi connectivity index (χ0v) is 11.6. The molecule has 1 aliphatic carbocycles. The second-order valence-corrected chi connectivity index (χ2v) is 5.82. The number of nitrogens with zero attached hydrogens (tertiary/aromatic N) is 3. The van der Waals surface area contributed by atoms with Crippen LogP contribution >= 0.6 is 11.8 Å². The van der Waals surface area contributed by atoms with Crippen LogP contribution in [0, 0.1) is 5.92 Å². The maximum absolute atomic E-state index is 10.7. The largest absolute Gasteiger partial charge is 0.481 e. The van der Waals surface area contributed by atoms with Crippen LogP contribution in [0.1, 0.15) is 45.0 Å². The Morgan fingerprint density at radius 3 is 2.83 bits per heavy atom. The molecule has 6 heteroatoms. The molecule has 100 valence electrons. The summed E-state index contributed by atoms with van der Waals surface area (Å²) in [6.45, 7) is 4.32. The third-order valence-corrected chi connectivity index (χ3v) is 4.34. The summed E-state index contributed by atoms with van der Waals surface area (Å²) in [5, 5.41) is 17.8. The maximum atomic E-state index is 10.7. The highest BCUT2D eigenvalue weighted by atomic mass is 32.2. The number of hydrogen-bond acceptors (Lipinski definition) is 4. The summed E-state index contributed by atoms with van der Waals surface area (Å²) >= 11 is 1.27. The Morgan fingerprint density at radius 1 is 1.50 bits per heavy atom. The fraction of sp³-hybridized carbons (Fsp3) is 0.750. The van der Waals surface area contributed by atoms with Gasteiger partial charge in [0, 0.05) is 12.5 Å². The SMILES string of the molecule is CCc1nnc(SCC(=O)O)n1C1CCC(C)C1. The number of aromatic nitrogens is 3. The van der Waals surface area contributed by atoms with Crippen molar-refractivity contribution in [3.05, 3.63) is 5.82 Å². The van der Waals surface area contributed by atoms with Gasteiger partial charge in [0.15, 0.2) is 5.16 Å². The smallest absolute Gasteiger partial charge is 0.313 e. The van der Waals surface area contributed by atoms with Crippen molar-refractivity contribution in [1.82, 2.24) is 14.8 Å². The second-order valence-electron chi connectivity index (χ2n) is 4.88. The minimum atomic E-state index is -0.813. The van der Waals surface area contributed by atoms with Crippen LogP contribution in [-0.2, 0) is 11.2 Å². The van der Waals surface area contributed by atoms with Crippen molar-refractivity contribution in [2.24, 2.45) is 5.92 Å². The monoisotopic (exact) mass is 269 g/mol. The topological polar surface area (TPSA) is 68.0 Å². The molecule has 1 heterocycles. The van der Waals surface area contributed by atoms with Gasteiger partial charge in [0.25, 0.3) is 0 Å². The summed E-state index contributed by atoms with van der Waals surface area (Å²) in [6.07, 6.45) is 4.36. The van der Waals surface area contributed by atoms with Crippen molar-refractivity contribution in [3.8, 4) is 0 Å². The lowest BCUT2D eigenvalue weighted by Crippen LogP contribution is -2.11. The molecule has 1 N–H and O–H groups in total. The number of hydrogen-bond donors (Lipinski definition) is 1. The van der Waals surface area contributed by atoms with Gasteiger partial charge in [-0.05, 0) is 25.2 Å². The molecule has 0 aromatic carbocycles. The Balaban J connectivity index is 2.19. The molecule has 1 aromatic rings. The van der Waals surface area contributed by atoms with Gasteiger partial charge in [0.05, 0.1) is 5.75 Å². The number of aryl methyl sites for hydroxylation is 1. The van der Waals surface area contributed by atoms with E-state index in [1.165, 1.54) is 18.2 Å². The van der Waals surface area contributed by atoms with Crippen molar-refractivity contribution in [2.75, 3.05) is 5.75 Å². The third kappa shape index (κ3) is 2.85. The summed E-state index contributed by atoms with van der Waals surface area (Å²) in [5.74, 6) is 0.943. The molecule has 2 atom stereocenters. The molecule has 0 bridgehead atoms. The molecular weight excluding hydrogens is 250 g/mol. The van der Waals surface area contributed by atoms with E-state index in [9.17, 15) is 4.79 Å². The van der Waals surface area contributed by atoms with Crippen molar-refractivity contribution >= 4 is 17.7 Å². The molecule has 2 rings (SSSR count). The second kappa shape index (κ2) is 5.73. The first-order valence-corrected chi connectivity index (χ1v) is 7.38. The normalized spacial score (nSPS) is 23.4. The first kappa shape index (κ1) is 13.4. The molecule has 18 heavy (non-hydrogen) atoms. The van der Waals surface area contributed by atoms with E-state index in [-0.39, 0.29) is 5.75 Å². The van der Waals surface area contributed by atoms with Gasteiger partial charge in [-0.1, -0.05) is 25.6 Å². The fourth-order valence-corrected chi connectivity index (χ4v) is 3.30. The number of aliphatic carboxylic acids is 1. The molecule has 0 spiro atoms. The van der Waals surface area contributed by atoms with Crippen molar-refractivity contribution in [1.29, 1.82) is 0 Å². The van der Waals surface area contributed by atoms with Crippen LogP contribution in [-0.4, -0.2) is 31.6 Å². The Bertz CT molecular complexity index is 433. The zero-order valence-electron chi connectivity index (χ0n) is 10.8. The van der Waals surface area contributed by atoms with Gasteiger partial charge in [-0.25, -0.2) is 0 Å². The lowest BCUT2D eigenvalue weighted by Gasteiger charge is -2.16. The number of rotatable bonds is 5. The lowest BCUT2D eigenvalue weighted by molar-refractivity contribution is -0.133. The first-order chi connectivity index (χ1) is 8.61. The average molecular weight is 269 g/mol. The van der Waals surface area contributed by atoms with E-state index in [1.807, 2.05) is 0 Å². The minimum Gasteiger partial charge on any atom is -0.481 e. The summed E-state index contributed by atoms with van der Waals surface area (Å²) < 4.78 is 2.16. The van der Waals surface area contributed by atoms with Crippen LogP contribution in [0.5, 0.6) is 0 Å². The summed E-state index contributed by atoms with van der Waals surface area (Å²) in [7, 11) is 0. The zero-order chi connectivity index (χ0) is 13.1. The number of carboxylic acid groups (broad SMARTS) is 1. The van der Waals surface area contributed by atoms with Gasteiger partial charge in [0.1, 0.15) is 5.82 Å². The highest BCUT2D eigenvalue weighted by Gasteiger charge is 2.27. The van der Waals surface area contributed by atoms with Crippen LogP contribution in [0.25, 0.3) is 0 Å². The van der Waals surface area contributed by atoms with E-state index in [4.69, 9.17) is 5.11 Å². The van der Waals surface area contributed by atoms with E-state index < -0.39 is 5.97 Å². The highest BCUT2D eigenvalue weighted by molar-refractivity contribution is 7.99. The molecule has 0 radical (unpaired) electrons. The Morgan fingerprint density at radius 2 is 2.28 bits per heavy atom. The summed E-state index contributed by atoms with van der Waals surface area (Å²) in [4.78, 5) is 10.7. The van der Waals surface area contributed by atoms with Gasteiger partial charge in [-0.2, -0.15) is 0 Å². The Labute approximate surface area is 111 Å². The molecule has 1 aliphatic rings. The van der Waals surface area contributed by atoms with E-state index in [1.54, 1.807) is 0 Å². The third-order valence-electron chi connectivity index (χ3n) is 3.41. The molecular formula is C12H19N3O2S. The van der Waals surface area contributed by atoms with Gasteiger partial charge in [-0.15, -0.1) is 10.2 Å². The Kier molecular flexibility index (Phi) is 4.27. The van der Waals surface area contributed by atoms with Crippen molar-refractivity contribution in [3.63, 3.8) is 0 Å². The van der Waals surface area contributed by atoms with Crippen LogP contribution in [0.2, 0.25) is 0 Å². The minimum absolute atomic E-state index is 0.0458. The van der Waals surface area contributed by atoms with Gasteiger partial charge in [0.2, 0.25) is 0 Å². The van der Waals surface area contributed by atoms with E-state index in [0.29, 0.717) is 6.04 Å². The molecule has 0 amide bonds. The number of thioether (sulfide) groups is 1. The van der Waals surface area contributed by atoms with E-state index >= 15 is 0 Å². The molecule has 1 fully saturated rings. The molecule has 5 nitrogen and oxygen atoms in total. The average Bonchev–Trinajstić information content (AvgIpc) is 2.91. The first-order valence-electron chi connectivity index (χ1n) is 6.40. The van der Waals surface area contributed by atoms with Crippen LogP contribution in [0.4, 0.5) is 0 Å². The standard InChI is InChI=1S/C12H19N3O2S/c1-3-10-13-14-12(18-7-11(16)17)15(10)9-5-4-8(2)6-9/h8-9H,3-7H2,1-2H3,(H,16,17). The molecule has 0 saturated heterocycles. The van der Waals surface area contributed by atoms with Crippen molar-refractivity contribution in [2.45, 2.75) is 50.7 Å². The number of carbonyl (C=O) groups is 1. The lowest BCUT2D eigenvalue weighted by atomic mass is 10.1. The maximum Gasteiger partial charge on any atom is 0.313 e. The van der Waals surface area contributed by atoms with Crippen LogP contribution in [0.15, 0.2) is 5.16 Å². The molecule has 0 aliphatic heterocycles. The predicted molar refractivity (Wildman–Crippen MR) is 69.8 cm³/mol. The molecule has 1 saturated carbocycles. The summed E-state index contributed by atoms with van der Waals surface area (Å²) in [6, 6.07) is 0.446. The van der Waals surface area contributed by atoms with Crippen molar-refractivity contribution < 1.29 is 9.90 Å². The van der Waals surface area contributed by atoms with Crippen LogP contribution in [0.3, 0.4) is 0 Å². The van der Waals surface area contributed by atoms with Gasteiger partial charge in [-0.3, -0.25) is 4.79 Å². The van der Waals surface area contributed by atoms with E-state index in [0.717, 1.165) is 36.2 Å². The highest BCUT2D eigenvalue weighted by Crippen LogP contribution is 2.37. The Hall–Kier alpha value is -1.04. The van der Waals surface area contributed by atoms with Gasteiger partial charge >= 0.3 is 5.97 Å².